The summed E-state index contributed by atoms with van der Waals surface area (Å²) in [5, 5.41) is 0. The molecule has 0 spiro atoms. The second-order valence-electron chi connectivity index (χ2n) is 17.0. The molecule has 0 aliphatic rings. The fourth-order valence-corrected chi connectivity index (χ4v) is 6.77. The van der Waals surface area contributed by atoms with E-state index in [1.807, 2.05) is 0 Å². The maximum atomic E-state index is 12.8. The van der Waals surface area contributed by atoms with Crippen LogP contribution in [-0.4, -0.2) is 37.2 Å². The van der Waals surface area contributed by atoms with Crippen molar-refractivity contribution in [2.75, 3.05) is 13.2 Å². The first kappa shape index (κ1) is 61.1. The molecule has 0 unspecified atom stereocenters. The predicted molar refractivity (Wildman–Crippen MR) is 279 cm³/mol. The molecule has 0 amide bonds. The lowest BCUT2D eigenvalue weighted by atomic mass is 10.1. The average molecular weight is 901 g/mol. The van der Waals surface area contributed by atoms with Gasteiger partial charge in [0.1, 0.15) is 13.2 Å². The van der Waals surface area contributed by atoms with Crippen LogP contribution in [0.4, 0.5) is 0 Å². The van der Waals surface area contributed by atoms with Gasteiger partial charge in [-0.15, -0.1) is 0 Å². The van der Waals surface area contributed by atoms with Crippen molar-refractivity contribution >= 4 is 17.9 Å². The molecule has 0 aromatic carbocycles. The Kier molecular flexibility index (Phi) is 49.5. The highest BCUT2D eigenvalue weighted by Gasteiger charge is 2.19. The van der Waals surface area contributed by atoms with Crippen molar-refractivity contribution in [3.8, 4) is 0 Å². The van der Waals surface area contributed by atoms with Crippen molar-refractivity contribution in [1.29, 1.82) is 0 Å². The van der Waals surface area contributed by atoms with Crippen LogP contribution in [-0.2, 0) is 28.6 Å². The molecule has 0 aliphatic carbocycles. The molecule has 6 nitrogen and oxygen atoms in total. The first-order chi connectivity index (χ1) is 32.0. The van der Waals surface area contributed by atoms with Crippen LogP contribution in [0.1, 0.15) is 226 Å². The topological polar surface area (TPSA) is 78.9 Å². The summed E-state index contributed by atoms with van der Waals surface area (Å²) in [6, 6.07) is 0. The van der Waals surface area contributed by atoms with Gasteiger partial charge in [-0.3, -0.25) is 14.4 Å². The minimum Gasteiger partial charge on any atom is -0.462 e. The van der Waals surface area contributed by atoms with Crippen molar-refractivity contribution in [1.82, 2.24) is 0 Å². The Balaban J connectivity index is 4.57. The number of ether oxygens (including phenoxy) is 3. The van der Waals surface area contributed by atoms with E-state index >= 15 is 0 Å². The van der Waals surface area contributed by atoms with Crippen LogP contribution in [0.2, 0.25) is 0 Å². The third-order valence-electron chi connectivity index (χ3n) is 10.7. The van der Waals surface area contributed by atoms with Gasteiger partial charge < -0.3 is 14.2 Å². The number of hydrogen-bond acceptors (Lipinski definition) is 6. The van der Waals surface area contributed by atoms with Crippen LogP contribution in [0.25, 0.3) is 0 Å². The minimum atomic E-state index is -0.826. The molecule has 1 atom stereocenters. The molecule has 0 saturated carbocycles. The quantitative estimate of drug-likeness (QED) is 0.0262. The molecule has 6 heteroatoms. The second kappa shape index (κ2) is 52.7. The van der Waals surface area contributed by atoms with Gasteiger partial charge in [0.25, 0.3) is 0 Å². The van der Waals surface area contributed by atoms with Gasteiger partial charge >= 0.3 is 17.9 Å². The van der Waals surface area contributed by atoms with E-state index in [0.29, 0.717) is 19.3 Å². The maximum absolute atomic E-state index is 12.8. The number of esters is 3. The number of hydrogen-bond donors (Lipinski definition) is 0. The number of carbonyl (C=O) groups excluding carboxylic acids is 3. The van der Waals surface area contributed by atoms with Gasteiger partial charge in [-0.05, 0) is 122 Å². The minimum absolute atomic E-state index is 0.118. The zero-order valence-electron chi connectivity index (χ0n) is 42.0. The van der Waals surface area contributed by atoms with Crippen molar-refractivity contribution in [2.45, 2.75) is 232 Å². The number of carbonyl (C=O) groups is 3. The lowest BCUT2D eigenvalue weighted by molar-refractivity contribution is -0.167. The molecule has 0 saturated heterocycles. The number of rotatable bonds is 46. The van der Waals surface area contributed by atoms with E-state index in [4.69, 9.17) is 14.2 Å². The third kappa shape index (κ3) is 50.9. The summed E-state index contributed by atoms with van der Waals surface area (Å²) in [5.41, 5.74) is 0. The van der Waals surface area contributed by atoms with E-state index < -0.39 is 6.10 Å². The highest BCUT2D eigenvalue weighted by Crippen LogP contribution is 2.12. The van der Waals surface area contributed by atoms with Crippen LogP contribution in [0.5, 0.6) is 0 Å². The van der Waals surface area contributed by atoms with Crippen LogP contribution < -0.4 is 0 Å². The zero-order chi connectivity index (χ0) is 47.2. The van der Waals surface area contributed by atoms with Crippen LogP contribution in [0.3, 0.4) is 0 Å². The van der Waals surface area contributed by atoms with Crippen LogP contribution in [0.15, 0.2) is 109 Å². The van der Waals surface area contributed by atoms with E-state index in [2.05, 4.69) is 130 Å². The van der Waals surface area contributed by atoms with Gasteiger partial charge in [0.05, 0.1) is 0 Å². The number of unbranched alkanes of at least 4 members (excludes halogenated alkanes) is 17. The summed E-state index contributed by atoms with van der Waals surface area (Å²) >= 11 is 0. The van der Waals surface area contributed by atoms with E-state index in [0.717, 1.165) is 96.3 Å². The molecule has 65 heavy (non-hydrogen) atoms. The zero-order valence-corrected chi connectivity index (χ0v) is 42.0. The molecule has 0 aliphatic heterocycles. The monoisotopic (exact) mass is 901 g/mol. The summed E-state index contributed by atoms with van der Waals surface area (Å²) in [6.45, 7) is 6.39. The highest BCUT2D eigenvalue weighted by atomic mass is 16.6. The first-order valence-corrected chi connectivity index (χ1v) is 26.4. The SMILES string of the molecule is CC/C=C\C/C=C\C/C=C\C/C=C\CCCCC(=O)O[C@@H](COC(=O)CCC/C=C\C/C=C\C/C=C\C/C=C\CCCCC)COC(=O)CCCCCCC/C=C\CCCCCCCC. The molecule has 0 aromatic rings. The molecule has 0 aromatic heterocycles. The van der Waals surface area contributed by atoms with E-state index in [9.17, 15) is 14.4 Å². The average Bonchev–Trinajstić information content (AvgIpc) is 3.30. The normalized spacial score (nSPS) is 13.0. The van der Waals surface area contributed by atoms with E-state index in [-0.39, 0.29) is 44.0 Å². The van der Waals surface area contributed by atoms with Gasteiger partial charge in [-0.25, -0.2) is 0 Å². The summed E-state index contributed by atoms with van der Waals surface area (Å²) in [6.07, 6.45) is 70.8. The predicted octanol–water partition coefficient (Wildman–Crippen LogP) is 17.5. The molecule has 0 heterocycles. The van der Waals surface area contributed by atoms with Crippen molar-refractivity contribution in [2.24, 2.45) is 0 Å². The fraction of sp³-hybridized carbons (Fsp3) is 0.644. The maximum Gasteiger partial charge on any atom is 0.306 e. The van der Waals surface area contributed by atoms with Gasteiger partial charge in [0.15, 0.2) is 6.10 Å². The van der Waals surface area contributed by atoms with Crippen molar-refractivity contribution < 1.29 is 28.6 Å². The van der Waals surface area contributed by atoms with Crippen molar-refractivity contribution in [3.63, 3.8) is 0 Å². The van der Waals surface area contributed by atoms with Gasteiger partial charge in [-0.2, -0.15) is 0 Å². The van der Waals surface area contributed by atoms with Gasteiger partial charge in [-0.1, -0.05) is 194 Å². The molecule has 0 N–H and O–H groups in total. The Morgan fingerprint density at radius 2 is 0.615 bits per heavy atom. The summed E-state index contributed by atoms with van der Waals surface area (Å²) < 4.78 is 16.7. The lowest BCUT2D eigenvalue weighted by Gasteiger charge is -2.18. The Labute approximate surface area is 400 Å². The lowest BCUT2D eigenvalue weighted by Crippen LogP contribution is -2.30. The summed E-state index contributed by atoms with van der Waals surface area (Å²) in [7, 11) is 0. The Morgan fingerprint density at radius 1 is 0.323 bits per heavy atom. The molecule has 0 bridgehead atoms. The molecule has 0 radical (unpaired) electrons. The van der Waals surface area contributed by atoms with E-state index in [1.54, 1.807) is 0 Å². The molecular formula is C59H96O6. The van der Waals surface area contributed by atoms with Crippen molar-refractivity contribution in [3.05, 3.63) is 109 Å². The first-order valence-electron chi connectivity index (χ1n) is 26.4. The molecule has 368 valence electrons. The third-order valence-corrected chi connectivity index (χ3v) is 10.7. The van der Waals surface area contributed by atoms with Gasteiger partial charge in [0.2, 0.25) is 0 Å². The van der Waals surface area contributed by atoms with Crippen LogP contribution in [0, 0.1) is 0 Å². The Hall–Kier alpha value is -3.93. The molecular weight excluding hydrogens is 805 g/mol. The Morgan fingerprint density at radius 3 is 1.08 bits per heavy atom. The van der Waals surface area contributed by atoms with Gasteiger partial charge in [0, 0.05) is 19.3 Å². The number of allylic oxidation sites excluding steroid dienone is 18. The fourth-order valence-electron chi connectivity index (χ4n) is 6.77. The van der Waals surface area contributed by atoms with E-state index in [1.165, 1.54) is 77.0 Å². The highest BCUT2D eigenvalue weighted by molar-refractivity contribution is 5.71. The smallest absolute Gasteiger partial charge is 0.306 e. The molecule has 0 rings (SSSR count). The second-order valence-corrected chi connectivity index (χ2v) is 17.0. The summed E-state index contributed by atoms with van der Waals surface area (Å²) in [4.78, 5) is 38.0. The standard InChI is InChI=1S/C59H96O6/c1-4-7-10-13-16-19-22-25-28-29-32-34-37-40-43-46-49-52-58(61)64-55-56(65-59(62)53-50-47-44-41-38-35-31-27-24-21-18-15-12-9-6-3)54-63-57(60)51-48-45-42-39-36-33-30-26-23-20-17-14-11-8-5-2/h9,12,16,18-19,21,25-28,30-32,34,38,40-41,43,56H,4-8,10-11,13-15,17,20,22-24,29,33,35-37,39,42,44-55H2,1-3H3/b12-9-,19-16-,21-18-,28-25-,30-26-,31-27-,34-32-,41-38-,43-40-/t56-/m1/s1. The van der Waals surface area contributed by atoms with Crippen LogP contribution >= 0.6 is 0 Å². The molecule has 0 fully saturated rings. The largest absolute Gasteiger partial charge is 0.462 e. The Bertz CT molecular complexity index is 1360. The summed E-state index contributed by atoms with van der Waals surface area (Å²) in [5.74, 6) is -1.03.